The van der Waals surface area contributed by atoms with Gasteiger partial charge in [0.2, 0.25) is 0 Å². The molecular formula is C15H32N2. The lowest BCUT2D eigenvalue weighted by molar-refractivity contribution is 0.276. The average molecular weight is 240 g/mol. The summed E-state index contributed by atoms with van der Waals surface area (Å²) in [6.45, 7) is 13.1. The largest absolute Gasteiger partial charge is 0.311 e. The Labute approximate surface area is 108 Å². The van der Waals surface area contributed by atoms with Gasteiger partial charge in [-0.15, -0.1) is 0 Å². The number of rotatable bonds is 6. The molecule has 1 N–H and O–H groups in total. The molecule has 0 spiro atoms. The Kier molecular flexibility index (Phi) is 7.14. The number of likely N-dealkylation sites (tertiary alicyclic amines) is 1. The fraction of sp³-hybridized carbons (Fsp3) is 1.00. The minimum atomic E-state index is 0.706. The molecule has 102 valence electrons. The molecule has 0 radical (unpaired) electrons. The summed E-state index contributed by atoms with van der Waals surface area (Å²) in [5.74, 6) is 0.759. The van der Waals surface area contributed by atoms with Crippen molar-refractivity contribution in [3.8, 4) is 0 Å². The highest BCUT2D eigenvalue weighted by molar-refractivity contribution is 4.79. The van der Waals surface area contributed by atoms with E-state index in [1.807, 2.05) is 0 Å². The molecule has 0 aromatic rings. The van der Waals surface area contributed by atoms with Gasteiger partial charge in [0.15, 0.2) is 0 Å². The van der Waals surface area contributed by atoms with Gasteiger partial charge in [0.05, 0.1) is 0 Å². The van der Waals surface area contributed by atoms with E-state index in [1.165, 1.54) is 51.7 Å². The van der Waals surface area contributed by atoms with Gasteiger partial charge in [0.1, 0.15) is 0 Å². The third-order valence-electron chi connectivity index (χ3n) is 4.05. The maximum absolute atomic E-state index is 3.88. The van der Waals surface area contributed by atoms with Crippen molar-refractivity contribution in [3.63, 3.8) is 0 Å². The Balaban J connectivity index is 2.35. The van der Waals surface area contributed by atoms with Crippen LogP contribution in [0.25, 0.3) is 0 Å². The molecule has 1 heterocycles. The second kappa shape index (κ2) is 8.10. The van der Waals surface area contributed by atoms with Crippen molar-refractivity contribution < 1.29 is 0 Å². The quantitative estimate of drug-likeness (QED) is 0.766. The molecule has 0 amide bonds. The van der Waals surface area contributed by atoms with Crippen molar-refractivity contribution in [1.82, 2.24) is 10.2 Å². The van der Waals surface area contributed by atoms with E-state index >= 15 is 0 Å². The highest BCUT2D eigenvalue weighted by Gasteiger charge is 2.20. The summed E-state index contributed by atoms with van der Waals surface area (Å²) in [6, 6.07) is 1.46. The minimum Gasteiger partial charge on any atom is -0.311 e. The van der Waals surface area contributed by atoms with E-state index in [0.717, 1.165) is 12.0 Å². The van der Waals surface area contributed by atoms with Gasteiger partial charge in [-0.3, -0.25) is 0 Å². The monoisotopic (exact) mass is 240 g/mol. The van der Waals surface area contributed by atoms with Crippen molar-refractivity contribution in [2.75, 3.05) is 19.6 Å². The summed E-state index contributed by atoms with van der Waals surface area (Å²) in [5.41, 5.74) is 0. The van der Waals surface area contributed by atoms with Crippen molar-refractivity contribution in [2.24, 2.45) is 5.92 Å². The lowest BCUT2D eigenvalue weighted by Gasteiger charge is -2.27. The van der Waals surface area contributed by atoms with E-state index in [9.17, 15) is 0 Å². The predicted octanol–water partition coefficient (Wildman–Crippen LogP) is 3.28. The molecule has 1 fully saturated rings. The number of hydrogen-bond acceptors (Lipinski definition) is 2. The van der Waals surface area contributed by atoms with Gasteiger partial charge >= 0.3 is 0 Å². The van der Waals surface area contributed by atoms with Crippen LogP contribution in [0.5, 0.6) is 0 Å². The van der Waals surface area contributed by atoms with Crippen molar-refractivity contribution in [1.29, 1.82) is 0 Å². The van der Waals surface area contributed by atoms with Gasteiger partial charge in [-0.05, 0) is 57.7 Å². The molecule has 1 rings (SSSR count). The number of nitrogens with one attached hydrogen (secondary N) is 1. The Morgan fingerprint density at radius 3 is 2.53 bits per heavy atom. The molecule has 17 heavy (non-hydrogen) atoms. The molecule has 0 aromatic heterocycles. The summed E-state index contributed by atoms with van der Waals surface area (Å²) in [5, 5.41) is 3.88. The number of nitrogens with zero attached hydrogens (tertiary/aromatic N) is 1. The molecule has 1 aliphatic rings. The lowest BCUT2D eigenvalue weighted by atomic mass is 9.99. The summed E-state index contributed by atoms with van der Waals surface area (Å²) in [4.78, 5) is 2.64. The van der Waals surface area contributed by atoms with Crippen LogP contribution in [-0.2, 0) is 0 Å². The SMILES string of the molecule is CCCN1CCCC(NC(CC)C(C)C)CC1. The third-order valence-corrected chi connectivity index (χ3v) is 4.05. The van der Waals surface area contributed by atoms with Crippen LogP contribution in [0, 0.1) is 5.92 Å². The molecule has 1 aliphatic heterocycles. The van der Waals surface area contributed by atoms with Crippen LogP contribution in [0.4, 0.5) is 0 Å². The Morgan fingerprint density at radius 2 is 1.94 bits per heavy atom. The molecule has 2 heteroatoms. The molecule has 0 bridgehead atoms. The first-order chi connectivity index (χ1) is 8.17. The summed E-state index contributed by atoms with van der Waals surface area (Å²) in [7, 11) is 0. The summed E-state index contributed by atoms with van der Waals surface area (Å²) >= 11 is 0. The smallest absolute Gasteiger partial charge is 0.00900 e. The van der Waals surface area contributed by atoms with Crippen LogP contribution in [0.2, 0.25) is 0 Å². The molecule has 2 atom stereocenters. The van der Waals surface area contributed by atoms with E-state index < -0.39 is 0 Å². The van der Waals surface area contributed by atoms with Gasteiger partial charge in [-0.25, -0.2) is 0 Å². The molecule has 0 aliphatic carbocycles. The van der Waals surface area contributed by atoms with Crippen molar-refractivity contribution in [3.05, 3.63) is 0 Å². The maximum atomic E-state index is 3.88. The zero-order chi connectivity index (χ0) is 12.7. The Hall–Kier alpha value is -0.0800. The van der Waals surface area contributed by atoms with Crippen molar-refractivity contribution in [2.45, 2.75) is 71.9 Å². The average Bonchev–Trinajstić information content (AvgIpc) is 2.52. The first-order valence-corrected chi connectivity index (χ1v) is 7.65. The Morgan fingerprint density at radius 1 is 1.18 bits per heavy atom. The second-order valence-corrected chi connectivity index (χ2v) is 5.89. The Bertz CT molecular complexity index is 191. The van der Waals surface area contributed by atoms with Crippen LogP contribution in [0.1, 0.15) is 59.8 Å². The zero-order valence-corrected chi connectivity index (χ0v) is 12.3. The predicted molar refractivity (Wildman–Crippen MR) is 76.4 cm³/mol. The van der Waals surface area contributed by atoms with E-state index in [-0.39, 0.29) is 0 Å². The van der Waals surface area contributed by atoms with Crippen LogP contribution in [0.15, 0.2) is 0 Å². The van der Waals surface area contributed by atoms with Crippen LogP contribution < -0.4 is 5.32 Å². The van der Waals surface area contributed by atoms with Gasteiger partial charge in [0.25, 0.3) is 0 Å². The summed E-state index contributed by atoms with van der Waals surface area (Å²) < 4.78 is 0. The van der Waals surface area contributed by atoms with Gasteiger partial charge < -0.3 is 10.2 Å². The van der Waals surface area contributed by atoms with E-state index in [4.69, 9.17) is 0 Å². The summed E-state index contributed by atoms with van der Waals surface area (Å²) in [6.07, 6.45) is 6.62. The van der Waals surface area contributed by atoms with Gasteiger partial charge in [0, 0.05) is 12.1 Å². The van der Waals surface area contributed by atoms with E-state index in [2.05, 4.69) is 37.9 Å². The van der Waals surface area contributed by atoms with E-state index in [1.54, 1.807) is 0 Å². The topological polar surface area (TPSA) is 15.3 Å². The second-order valence-electron chi connectivity index (χ2n) is 5.89. The molecule has 0 aromatic carbocycles. The van der Waals surface area contributed by atoms with E-state index in [0.29, 0.717) is 6.04 Å². The molecule has 1 saturated heterocycles. The van der Waals surface area contributed by atoms with Crippen LogP contribution in [0.3, 0.4) is 0 Å². The highest BCUT2D eigenvalue weighted by Crippen LogP contribution is 2.15. The van der Waals surface area contributed by atoms with Crippen LogP contribution >= 0.6 is 0 Å². The third kappa shape index (κ3) is 5.39. The van der Waals surface area contributed by atoms with Crippen LogP contribution in [-0.4, -0.2) is 36.6 Å². The standard InChI is InChI=1S/C15H32N2/c1-5-10-17-11-7-8-14(9-12-17)16-15(6-2)13(3)4/h13-16H,5-12H2,1-4H3. The normalized spacial score (nSPS) is 24.9. The first kappa shape index (κ1) is 15.0. The van der Waals surface area contributed by atoms with Crippen molar-refractivity contribution >= 4 is 0 Å². The fourth-order valence-corrected chi connectivity index (χ4v) is 2.95. The molecule has 0 saturated carbocycles. The molecule has 2 nitrogen and oxygen atoms in total. The fourth-order valence-electron chi connectivity index (χ4n) is 2.95. The van der Waals surface area contributed by atoms with Gasteiger partial charge in [-0.1, -0.05) is 27.7 Å². The highest BCUT2D eigenvalue weighted by atomic mass is 15.1. The lowest BCUT2D eigenvalue weighted by Crippen LogP contribution is -2.41. The molecular weight excluding hydrogens is 208 g/mol. The molecule has 2 unspecified atom stereocenters. The first-order valence-electron chi connectivity index (χ1n) is 7.65. The minimum absolute atomic E-state index is 0.706. The maximum Gasteiger partial charge on any atom is 0.00900 e. The number of hydrogen-bond donors (Lipinski definition) is 1. The zero-order valence-electron chi connectivity index (χ0n) is 12.3. The van der Waals surface area contributed by atoms with Gasteiger partial charge in [-0.2, -0.15) is 0 Å².